The molecule has 16 heavy (non-hydrogen) atoms. The van der Waals surface area contributed by atoms with Crippen LogP contribution >= 0.6 is 0 Å². The Morgan fingerprint density at radius 2 is 2.19 bits per heavy atom. The Balaban J connectivity index is 1.89. The summed E-state index contributed by atoms with van der Waals surface area (Å²) < 4.78 is 0. The molecule has 0 aliphatic heterocycles. The molecular formula is C13H17N3. The number of nitrogens with one attached hydrogen (secondary N) is 2. The van der Waals surface area contributed by atoms with Gasteiger partial charge in [0.25, 0.3) is 0 Å². The highest BCUT2D eigenvalue weighted by molar-refractivity contribution is 5.77. The Morgan fingerprint density at radius 3 is 2.81 bits per heavy atom. The second kappa shape index (κ2) is 3.51. The van der Waals surface area contributed by atoms with E-state index in [1.165, 1.54) is 25.7 Å². The van der Waals surface area contributed by atoms with Crippen LogP contribution in [0, 0.1) is 0 Å². The molecule has 2 aromatic rings. The van der Waals surface area contributed by atoms with Crippen molar-refractivity contribution in [1.82, 2.24) is 9.97 Å². The van der Waals surface area contributed by atoms with E-state index in [1.54, 1.807) is 0 Å². The molecule has 3 heteroatoms. The van der Waals surface area contributed by atoms with Crippen LogP contribution in [0.25, 0.3) is 11.0 Å². The zero-order valence-electron chi connectivity index (χ0n) is 9.59. The van der Waals surface area contributed by atoms with Crippen LogP contribution in [0.15, 0.2) is 24.3 Å². The van der Waals surface area contributed by atoms with Crippen molar-refractivity contribution in [2.24, 2.45) is 0 Å². The van der Waals surface area contributed by atoms with E-state index in [2.05, 4.69) is 28.3 Å². The summed E-state index contributed by atoms with van der Waals surface area (Å²) in [5.74, 6) is 0.919. The molecule has 1 aromatic carbocycles. The van der Waals surface area contributed by atoms with Gasteiger partial charge in [-0.05, 0) is 37.8 Å². The number of anilines is 1. The molecule has 0 radical (unpaired) electrons. The molecule has 1 aliphatic rings. The predicted molar refractivity (Wildman–Crippen MR) is 66.6 cm³/mol. The van der Waals surface area contributed by atoms with Gasteiger partial charge >= 0.3 is 0 Å². The molecule has 0 spiro atoms. The average Bonchev–Trinajstić information content (AvgIpc) is 2.65. The maximum Gasteiger partial charge on any atom is 0.201 e. The first-order valence-corrected chi connectivity index (χ1v) is 6.04. The summed E-state index contributed by atoms with van der Waals surface area (Å²) in [6, 6.07) is 8.15. The summed E-state index contributed by atoms with van der Waals surface area (Å²) in [6.07, 6.45) is 5.03. The van der Waals surface area contributed by atoms with Crippen molar-refractivity contribution in [3.8, 4) is 0 Å². The molecular weight excluding hydrogens is 198 g/mol. The Morgan fingerprint density at radius 1 is 1.38 bits per heavy atom. The lowest BCUT2D eigenvalue weighted by Crippen LogP contribution is -2.44. The topological polar surface area (TPSA) is 40.7 Å². The number of hydrogen-bond donors (Lipinski definition) is 2. The quantitative estimate of drug-likeness (QED) is 0.824. The molecule has 0 amide bonds. The molecule has 0 atom stereocenters. The maximum absolute atomic E-state index is 4.56. The minimum atomic E-state index is 0.299. The highest BCUT2D eigenvalue weighted by Gasteiger charge is 2.35. The SMILES string of the molecule is CCC1(Nc2nc3ccccc3[nH]2)CCC1. The van der Waals surface area contributed by atoms with Gasteiger partial charge in [-0.1, -0.05) is 19.1 Å². The van der Waals surface area contributed by atoms with Gasteiger partial charge in [0.2, 0.25) is 5.95 Å². The van der Waals surface area contributed by atoms with E-state index in [9.17, 15) is 0 Å². The van der Waals surface area contributed by atoms with E-state index >= 15 is 0 Å². The molecule has 3 nitrogen and oxygen atoms in total. The van der Waals surface area contributed by atoms with E-state index < -0.39 is 0 Å². The van der Waals surface area contributed by atoms with Crippen LogP contribution in [-0.4, -0.2) is 15.5 Å². The van der Waals surface area contributed by atoms with Crippen molar-refractivity contribution in [2.45, 2.75) is 38.1 Å². The van der Waals surface area contributed by atoms with E-state index in [0.717, 1.165) is 17.0 Å². The Bertz CT molecular complexity index is 458. The largest absolute Gasteiger partial charge is 0.350 e. The number of para-hydroxylation sites is 2. The monoisotopic (exact) mass is 215 g/mol. The van der Waals surface area contributed by atoms with E-state index in [1.807, 2.05) is 18.2 Å². The summed E-state index contributed by atoms with van der Waals surface area (Å²) in [5.41, 5.74) is 2.44. The fourth-order valence-electron chi connectivity index (χ4n) is 2.43. The number of benzene rings is 1. The number of fused-ring (bicyclic) bond motifs is 1. The standard InChI is InChI=1S/C13H17N3/c1-2-13(8-5-9-13)16-12-14-10-6-3-4-7-11(10)15-12/h3-4,6-7H,2,5,8-9H2,1H3,(H2,14,15,16). The van der Waals surface area contributed by atoms with Crippen LogP contribution in [0.4, 0.5) is 5.95 Å². The molecule has 84 valence electrons. The second-order valence-corrected chi connectivity index (χ2v) is 4.71. The fourth-order valence-corrected chi connectivity index (χ4v) is 2.43. The third kappa shape index (κ3) is 1.47. The Labute approximate surface area is 95.3 Å². The first-order valence-electron chi connectivity index (χ1n) is 6.04. The van der Waals surface area contributed by atoms with Gasteiger partial charge < -0.3 is 10.3 Å². The molecule has 1 aromatic heterocycles. The summed E-state index contributed by atoms with van der Waals surface area (Å²) >= 11 is 0. The fraction of sp³-hybridized carbons (Fsp3) is 0.462. The number of H-pyrrole nitrogens is 1. The first-order chi connectivity index (χ1) is 7.81. The summed E-state index contributed by atoms with van der Waals surface area (Å²) in [6.45, 7) is 2.24. The minimum Gasteiger partial charge on any atom is -0.350 e. The molecule has 1 aliphatic carbocycles. The first kappa shape index (κ1) is 9.70. The third-order valence-electron chi connectivity index (χ3n) is 3.76. The number of aromatic amines is 1. The van der Waals surface area contributed by atoms with Gasteiger partial charge in [-0.3, -0.25) is 0 Å². The highest BCUT2D eigenvalue weighted by atomic mass is 15.2. The third-order valence-corrected chi connectivity index (χ3v) is 3.76. The molecule has 0 unspecified atom stereocenters. The van der Waals surface area contributed by atoms with E-state index in [4.69, 9.17) is 0 Å². The Kier molecular flexibility index (Phi) is 2.13. The minimum absolute atomic E-state index is 0.299. The van der Waals surface area contributed by atoms with Gasteiger partial charge in [0.1, 0.15) is 0 Å². The van der Waals surface area contributed by atoms with Crippen molar-refractivity contribution < 1.29 is 0 Å². The Hall–Kier alpha value is -1.51. The molecule has 1 saturated carbocycles. The number of rotatable bonds is 3. The van der Waals surface area contributed by atoms with Crippen molar-refractivity contribution >= 4 is 17.0 Å². The van der Waals surface area contributed by atoms with Crippen LogP contribution < -0.4 is 5.32 Å². The normalized spacial score (nSPS) is 18.3. The number of hydrogen-bond acceptors (Lipinski definition) is 2. The van der Waals surface area contributed by atoms with Gasteiger partial charge in [0.15, 0.2) is 0 Å². The highest BCUT2D eigenvalue weighted by Crippen LogP contribution is 2.37. The van der Waals surface area contributed by atoms with Crippen LogP contribution in [-0.2, 0) is 0 Å². The molecule has 1 heterocycles. The van der Waals surface area contributed by atoms with Gasteiger partial charge in [0.05, 0.1) is 11.0 Å². The second-order valence-electron chi connectivity index (χ2n) is 4.71. The van der Waals surface area contributed by atoms with Gasteiger partial charge in [0, 0.05) is 5.54 Å². The van der Waals surface area contributed by atoms with Crippen LogP contribution in [0.3, 0.4) is 0 Å². The molecule has 0 bridgehead atoms. The number of nitrogens with zero attached hydrogens (tertiary/aromatic N) is 1. The van der Waals surface area contributed by atoms with Crippen LogP contribution in [0.2, 0.25) is 0 Å². The molecule has 2 N–H and O–H groups in total. The number of aromatic nitrogens is 2. The van der Waals surface area contributed by atoms with Crippen molar-refractivity contribution in [1.29, 1.82) is 0 Å². The predicted octanol–water partition coefficient (Wildman–Crippen LogP) is 3.31. The summed E-state index contributed by atoms with van der Waals surface area (Å²) in [7, 11) is 0. The van der Waals surface area contributed by atoms with E-state index in [-0.39, 0.29) is 0 Å². The lowest BCUT2D eigenvalue weighted by Gasteiger charge is -2.41. The van der Waals surface area contributed by atoms with Crippen molar-refractivity contribution in [3.63, 3.8) is 0 Å². The molecule has 0 saturated heterocycles. The molecule has 3 rings (SSSR count). The lowest BCUT2D eigenvalue weighted by molar-refractivity contribution is 0.268. The lowest BCUT2D eigenvalue weighted by atomic mass is 9.75. The van der Waals surface area contributed by atoms with Crippen LogP contribution in [0.5, 0.6) is 0 Å². The maximum atomic E-state index is 4.56. The zero-order chi connectivity index (χ0) is 11.0. The number of imidazole rings is 1. The zero-order valence-corrected chi connectivity index (χ0v) is 9.59. The van der Waals surface area contributed by atoms with E-state index in [0.29, 0.717) is 5.54 Å². The van der Waals surface area contributed by atoms with Crippen LogP contribution in [0.1, 0.15) is 32.6 Å². The van der Waals surface area contributed by atoms with Gasteiger partial charge in [-0.25, -0.2) is 4.98 Å². The van der Waals surface area contributed by atoms with Gasteiger partial charge in [-0.2, -0.15) is 0 Å². The van der Waals surface area contributed by atoms with Crippen molar-refractivity contribution in [3.05, 3.63) is 24.3 Å². The average molecular weight is 215 g/mol. The van der Waals surface area contributed by atoms with Gasteiger partial charge in [-0.15, -0.1) is 0 Å². The van der Waals surface area contributed by atoms with Crippen molar-refractivity contribution in [2.75, 3.05) is 5.32 Å². The smallest absolute Gasteiger partial charge is 0.201 e. The molecule has 1 fully saturated rings. The summed E-state index contributed by atoms with van der Waals surface area (Å²) in [4.78, 5) is 7.89. The summed E-state index contributed by atoms with van der Waals surface area (Å²) in [5, 5.41) is 3.56.